The molecular formula is C24H25N7O2. The Hall–Kier alpha value is -3.88. The van der Waals surface area contributed by atoms with E-state index in [9.17, 15) is 0 Å². The van der Waals surface area contributed by atoms with Gasteiger partial charge in [0, 0.05) is 37.5 Å². The fourth-order valence-corrected chi connectivity index (χ4v) is 4.58. The second-order valence-corrected chi connectivity index (χ2v) is 8.68. The van der Waals surface area contributed by atoms with Gasteiger partial charge >= 0.3 is 0 Å². The molecule has 2 N–H and O–H groups in total. The minimum atomic E-state index is 0.162. The number of anilines is 2. The lowest BCUT2D eigenvalue weighted by Crippen LogP contribution is -2.13. The second-order valence-electron chi connectivity index (χ2n) is 8.68. The van der Waals surface area contributed by atoms with Gasteiger partial charge in [-0.1, -0.05) is 6.07 Å². The van der Waals surface area contributed by atoms with Gasteiger partial charge in [-0.05, 0) is 50.3 Å². The first kappa shape index (κ1) is 19.8. The molecule has 5 aromatic rings. The van der Waals surface area contributed by atoms with E-state index in [0.717, 1.165) is 51.8 Å². The topological polar surface area (TPSA) is 107 Å². The van der Waals surface area contributed by atoms with Crippen molar-refractivity contribution >= 4 is 33.9 Å². The van der Waals surface area contributed by atoms with Crippen molar-refractivity contribution in [2.24, 2.45) is 7.05 Å². The third-order valence-electron chi connectivity index (χ3n) is 6.13. The highest BCUT2D eigenvalue weighted by Gasteiger charge is 2.23. The molecule has 1 aliphatic carbocycles. The lowest BCUT2D eigenvalue weighted by Gasteiger charge is -2.15. The summed E-state index contributed by atoms with van der Waals surface area (Å²) in [4.78, 5) is 17.2. The number of hydrogen-bond donors (Lipinski definition) is 2. The van der Waals surface area contributed by atoms with Crippen LogP contribution in [0.1, 0.15) is 37.1 Å². The van der Waals surface area contributed by atoms with Crippen LogP contribution in [-0.2, 0) is 7.05 Å². The number of fused-ring (bicyclic) bond motifs is 2. The lowest BCUT2D eigenvalue weighted by atomic mass is 10.1. The number of nitrogens with one attached hydrogen (secondary N) is 2. The number of aromatic amines is 1. The van der Waals surface area contributed by atoms with E-state index in [-0.39, 0.29) is 6.10 Å². The van der Waals surface area contributed by atoms with Crippen LogP contribution in [-0.4, -0.2) is 35.8 Å². The molecule has 1 fully saturated rings. The molecule has 33 heavy (non-hydrogen) atoms. The van der Waals surface area contributed by atoms with Gasteiger partial charge < -0.3 is 19.5 Å². The highest BCUT2D eigenvalue weighted by atomic mass is 16.5. The van der Waals surface area contributed by atoms with Crippen LogP contribution in [0.25, 0.3) is 33.3 Å². The molecule has 0 saturated heterocycles. The number of H-pyrrole nitrogens is 1. The predicted molar refractivity (Wildman–Crippen MR) is 126 cm³/mol. The average Bonchev–Trinajstić information content (AvgIpc) is 3.55. The summed E-state index contributed by atoms with van der Waals surface area (Å²) in [5.41, 5.74) is 5.27. The Morgan fingerprint density at radius 3 is 2.79 bits per heavy atom. The third kappa shape index (κ3) is 3.59. The summed E-state index contributed by atoms with van der Waals surface area (Å²) in [6.07, 6.45) is 8.49. The minimum absolute atomic E-state index is 0.162. The molecule has 1 saturated carbocycles. The van der Waals surface area contributed by atoms with E-state index in [1.807, 2.05) is 51.5 Å². The quantitative estimate of drug-likeness (QED) is 0.385. The minimum Gasteiger partial charge on any atom is -0.474 e. The molecule has 0 radical (unpaired) electrons. The highest BCUT2D eigenvalue weighted by Crippen LogP contribution is 2.37. The van der Waals surface area contributed by atoms with Crippen molar-refractivity contribution in [3.63, 3.8) is 0 Å². The Labute approximate surface area is 190 Å². The van der Waals surface area contributed by atoms with Crippen molar-refractivity contribution < 1.29 is 9.15 Å². The Balaban J connectivity index is 1.47. The van der Waals surface area contributed by atoms with Crippen molar-refractivity contribution in [2.45, 2.75) is 45.6 Å². The molecule has 4 aromatic heterocycles. The van der Waals surface area contributed by atoms with Crippen LogP contribution in [0, 0.1) is 13.8 Å². The van der Waals surface area contributed by atoms with Crippen molar-refractivity contribution in [1.29, 1.82) is 0 Å². The molecule has 0 amide bonds. The standard InChI is InChI=1S/C24H25N7O2/c1-13-12-31(3)30-21(13)27-24-28-22-20(23(29-24)33-16-6-4-5-7-16)17(11-25-22)15-8-9-18-19(10-15)32-14(2)26-18/h8-12,16H,4-7H2,1-3H3,(H2,25,27,28,29,30). The highest BCUT2D eigenvalue weighted by molar-refractivity contribution is 5.99. The Bertz CT molecular complexity index is 1470. The normalized spacial score (nSPS) is 14.5. The van der Waals surface area contributed by atoms with Crippen LogP contribution in [0.4, 0.5) is 11.8 Å². The molecule has 1 aromatic carbocycles. The molecular weight excluding hydrogens is 418 g/mol. The van der Waals surface area contributed by atoms with E-state index in [4.69, 9.17) is 19.1 Å². The Morgan fingerprint density at radius 1 is 1.15 bits per heavy atom. The molecule has 168 valence electrons. The summed E-state index contributed by atoms with van der Waals surface area (Å²) in [5.74, 6) is 2.40. The van der Waals surface area contributed by atoms with E-state index >= 15 is 0 Å². The lowest BCUT2D eigenvalue weighted by molar-refractivity contribution is 0.204. The molecule has 0 spiro atoms. The van der Waals surface area contributed by atoms with E-state index in [1.54, 1.807) is 4.68 Å². The van der Waals surface area contributed by atoms with Crippen LogP contribution >= 0.6 is 0 Å². The maximum Gasteiger partial charge on any atom is 0.233 e. The van der Waals surface area contributed by atoms with Crippen molar-refractivity contribution in [2.75, 3.05) is 5.32 Å². The Morgan fingerprint density at radius 2 is 2.00 bits per heavy atom. The zero-order valence-electron chi connectivity index (χ0n) is 18.8. The van der Waals surface area contributed by atoms with E-state index in [2.05, 4.69) is 20.4 Å². The second kappa shape index (κ2) is 7.61. The smallest absolute Gasteiger partial charge is 0.233 e. The van der Waals surface area contributed by atoms with Crippen LogP contribution in [0.15, 0.2) is 35.0 Å². The van der Waals surface area contributed by atoms with Gasteiger partial charge in [-0.15, -0.1) is 0 Å². The summed E-state index contributed by atoms with van der Waals surface area (Å²) in [5, 5.41) is 8.57. The van der Waals surface area contributed by atoms with E-state index in [1.165, 1.54) is 12.8 Å². The maximum atomic E-state index is 6.44. The zero-order chi connectivity index (χ0) is 22.5. The number of oxazole rings is 1. The van der Waals surface area contributed by atoms with Gasteiger partial charge in [-0.2, -0.15) is 15.1 Å². The number of benzene rings is 1. The van der Waals surface area contributed by atoms with Gasteiger partial charge in [0.25, 0.3) is 0 Å². The van der Waals surface area contributed by atoms with Crippen molar-refractivity contribution in [1.82, 2.24) is 29.7 Å². The third-order valence-corrected chi connectivity index (χ3v) is 6.13. The predicted octanol–water partition coefficient (Wildman–Crippen LogP) is 5.18. The molecule has 0 atom stereocenters. The van der Waals surface area contributed by atoms with Crippen LogP contribution in [0.3, 0.4) is 0 Å². The number of hydrogen-bond acceptors (Lipinski definition) is 7. The van der Waals surface area contributed by atoms with Gasteiger partial charge in [-0.3, -0.25) is 4.68 Å². The number of aryl methyl sites for hydroxylation is 3. The van der Waals surface area contributed by atoms with Crippen LogP contribution in [0.5, 0.6) is 5.88 Å². The SMILES string of the molecule is Cc1nc2ccc(-c3c[nH]c4nc(Nc5nn(C)cc5C)nc(OC5CCCC5)c34)cc2o1. The van der Waals surface area contributed by atoms with Gasteiger partial charge in [0.1, 0.15) is 17.3 Å². The molecule has 9 heteroatoms. The van der Waals surface area contributed by atoms with Gasteiger partial charge in [0.2, 0.25) is 11.8 Å². The van der Waals surface area contributed by atoms with Gasteiger partial charge in [-0.25, -0.2) is 4.98 Å². The fraction of sp³-hybridized carbons (Fsp3) is 0.333. The molecule has 0 bridgehead atoms. The first-order valence-electron chi connectivity index (χ1n) is 11.2. The molecule has 0 aliphatic heterocycles. The molecule has 9 nitrogen and oxygen atoms in total. The summed E-state index contributed by atoms with van der Waals surface area (Å²) in [6.45, 7) is 3.85. The first-order chi connectivity index (χ1) is 16.0. The van der Waals surface area contributed by atoms with Gasteiger partial charge in [0.05, 0.1) is 5.39 Å². The number of ether oxygens (including phenoxy) is 1. The van der Waals surface area contributed by atoms with E-state index < -0.39 is 0 Å². The Kier molecular flexibility index (Phi) is 4.56. The maximum absolute atomic E-state index is 6.44. The average molecular weight is 444 g/mol. The number of aromatic nitrogens is 6. The van der Waals surface area contributed by atoms with Crippen molar-refractivity contribution in [3.05, 3.63) is 42.0 Å². The van der Waals surface area contributed by atoms with E-state index in [0.29, 0.717) is 23.4 Å². The molecule has 6 rings (SSSR count). The molecule has 1 aliphatic rings. The fourth-order valence-electron chi connectivity index (χ4n) is 4.58. The summed E-state index contributed by atoms with van der Waals surface area (Å²) < 4.78 is 14.0. The summed E-state index contributed by atoms with van der Waals surface area (Å²) in [7, 11) is 1.89. The summed E-state index contributed by atoms with van der Waals surface area (Å²) >= 11 is 0. The first-order valence-corrected chi connectivity index (χ1v) is 11.2. The largest absolute Gasteiger partial charge is 0.474 e. The molecule has 0 unspecified atom stereocenters. The van der Waals surface area contributed by atoms with Crippen LogP contribution < -0.4 is 10.1 Å². The van der Waals surface area contributed by atoms with Gasteiger partial charge in [0.15, 0.2) is 17.3 Å². The molecule has 4 heterocycles. The van der Waals surface area contributed by atoms with Crippen molar-refractivity contribution in [3.8, 4) is 17.0 Å². The monoisotopic (exact) mass is 443 g/mol. The zero-order valence-corrected chi connectivity index (χ0v) is 18.8. The summed E-state index contributed by atoms with van der Waals surface area (Å²) in [6, 6.07) is 6.01. The number of nitrogens with zero attached hydrogens (tertiary/aromatic N) is 5. The van der Waals surface area contributed by atoms with Crippen LogP contribution in [0.2, 0.25) is 0 Å². The number of rotatable bonds is 5.